The normalized spacial score (nSPS) is 10.4. The Hall–Kier alpha value is -2.82. The molecule has 132 valence electrons. The van der Waals surface area contributed by atoms with Crippen LogP contribution in [0.15, 0.2) is 48.5 Å². The topological polar surface area (TPSA) is 67.4 Å². The van der Waals surface area contributed by atoms with E-state index in [1.54, 1.807) is 18.2 Å². The molecule has 0 bridgehead atoms. The molecule has 0 aliphatic carbocycles. The third-order valence-electron chi connectivity index (χ3n) is 3.86. The average Bonchev–Trinajstić information content (AvgIpc) is 2.61. The Kier molecular flexibility index (Phi) is 6.57. The van der Waals surface area contributed by atoms with Gasteiger partial charge in [-0.3, -0.25) is 4.79 Å². The number of carbonyl (C=O) groups excluding carboxylic acids is 2. The van der Waals surface area contributed by atoms with Crippen molar-refractivity contribution in [1.29, 1.82) is 0 Å². The van der Waals surface area contributed by atoms with E-state index in [2.05, 4.69) is 24.5 Å². The third kappa shape index (κ3) is 5.08. The van der Waals surface area contributed by atoms with Crippen LogP contribution in [0.2, 0.25) is 0 Å². The highest BCUT2D eigenvalue weighted by molar-refractivity contribution is 5.96. The van der Waals surface area contributed by atoms with Gasteiger partial charge in [0, 0.05) is 24.3 Å². The summed E-state index contributed by atoms with van der Waals surface area (Å²) in [5, 5.41) is 6.08. The molecule has 0 radical (unpaired) electrons. The van der Waals surface area contributed by atoms with Gasteiger partial charge in [0.05, 0.1) is 12.7 Å². The quantitative estimate of drug-likeness (QED) is 0.747. The van der Waals surface area contributed by atoms with Crippen LogP contribution in [0, 0.1) is 0 Å². The Morgan fingerprint density at radius 2 is 1.64 bits per heavy atom. The van der Waals surface area contributed by atoms with E-state index in [0.29, 0.717) is 30.1 Å². The molecular formula is C20H24N2O3. The lowest BCUT2D eigenvalue weighted by atomic mass is 10.0. The number of hydrogen-bond acceptors (Lipinski definition) is 4. The van der Waals surface area contributed by atoms with E-state index in [4.69, 9.17) is 4.74 Å². The Morgan fingerprint density at radius 1 is 1.00 bits per heavy atom. The number of hydrogen-bond donors (Lipinski definition) is 2. The number of amides is 1. The van der Waals surface area contributed by atoms with Crippen molar-refractivity contribution in [2.45, 2.75) is 26.2 Å². The number of ether oxygens (including phenoxy) is 1. The van der Waals surface area contributed by atoms with Crippen LogP contribution < -0.4 is 10.6 Å². The SMILES string of the molecule is COC(=O)c1ccccc1NCCC(=O)Nc1ccccc1C(C)C. The van der Waals surface area contributed by atoms with Crippen molar-refractivity contribution in [2.75, 3.05) is 24.3 Å². The molecule has 5 heteroatoms. The van der Waals surface area contributed by atoms with Crippen molar-refractivity contribution in [3.8, 4) is 0 Å². The third-order valence-corrected chi connectivity index (χ3v) is 3.86. The molecule has 0 aliphatic heterocycles. The van der Waals surface area contributed by atoms with Gasteiger partial charge in [0.25, 0.3) is 0 Å². The first kappa shape index (κ1) is 18.5. The van der Waals surface area contributed by atoms with Crippen molar-refractivity contribution in [1.82, 2.24) is 0 Å². The van der Waals surface area contributed by atoms with Crippen molar-refractivity contribution in [3.05, 3.63) is 59.7 Å². The fourth-order valence-electron chi connectivity index (χ4n) is 2.56. The summed E-state index contributed by atoms with van der Waals surface area (Å²) in [4.78, 5) is 23.9. The van der Waals surface area contributed by atoms with Crippen molar-refractivity contribution in [2.24, 2.45) is 0 Å². The van der Waals surface area contributed by atoms with Crippen LogP contribution >= 0.6 is 0 Å². The van der Waals surface area contributed by atoms with Gasteiger partial charge in [0.2, 0.25) is 5.91 Å². The van der Waals surface area contributed by atoms with E-state index in [1.807, 2.05) is 30.3 Å². The summed E-state index contributed by atoms with van der Waals surface area (Å²) >= 11 is 0. The monoisotopic (exact) mass is 340 g/mol. The molecule has 0 saturated carbocycles. The number of para-hydroxylation sites is 2. The molecular weight excluding hydrogens is 316 g/mol. The van der Waals surface area contributed by atoms with Crippen LogP contribution in [-0.2, 0) is 9.53 Å². The molecule has 0 aliphatic rings. The summed E-state index contributed by atoms with van der Waals surface area (Å²) < 4.78 is 4.76. The van der Waals surface area contributed by atoms with Crippen molar-refractivity contribution < 1.29 is 14.3 Å². The maximum Gasteiger partial charge on any atom is 0.339 e. The Balaban J connectivity index is 1.93. The lowest BCUT2D eigenvalue weighted by Crippen LogP contribution is -2.18. The molecule has 0 unspecified atom stereocenters. The van der Waals surface area contributed by atoms with Crippen LogP contribution in [0.25, 0.3) is 0 Å². The van der Waals surface area contributed by atoms with Gasteiger partial charge in [-0.25, -0.2) is 4.79 Å². The van der Waals surface area contributed by atoms with E-state index in [9.17, 15) is 9.59 Å². The maximum absolute atomic E-state index is 12.2. The van der Waals surface area contributed by atoms with Gasteiger partial charge in [-0.1, -0.05) is 44.2 Å². The fraction of sp³-hybridized carbons (Fsp3) is 0.300. The van der Waals surface area contributed by atoms with Crippen LogP contribution in [0.1, 0.15) is 42.1 Å². The van der Waals surface area contributed by atoms with Crippen LogP contribution in [0.3, 0.4) is 0 Å². The highest BCUT2D eigenvalue weighted by Gasteiger charge is 2.12. The number of carbonyl (C=O) groups is 2. The molecule has 5 nitrogen and oxygen atoms in total. The molecule has 0 spiro atoms. The summed E-state index contributed by atoms with van der Waals surface area (Å²) in [5.41, 5.74) is 3.07. The van der Waals surface area contributed by atoms with E-state index in [0.717, 1.165) is 11.3 Å². The van der Waals surface area contributed by atoms with Crippen LogP contribution in [0.4, 0.5) is 11.4 Å². The predicted molar refractivity (Wildman–Crippen MR) is 100 cm³/mol. The van der Waals surface area contributed by atoms with Crippen molar-refractivity contribution in [3.63, 3.8) is 0 Å². The van der Waals surface area contributed by atoms with Crippen LogP contribution in [-0.4, -0.2) is 25.5 Å². The molecule has 2 aromatic rings. The second kappa shape index (κ2) is 8.87. The van der Waals surface area contributed by atoms with E-state index >= 15 is 0 Å². The number of esters is 1. The number of benzene rings is 2. The Labute approximate surface area is 148 Å². The molecule has 2 aromatic carbocycles. The molecule has 0 atom stereocenters. The number of methoxy groups -OCH3 is 1. The smallest absolute Gasteiger partial charge is 0.339 e. The molecule has 0 saturated heterocycles. The Bertz CT molecular complexity index is 741. The minimum atomic E-state index is -0.404. The zero-order chi connectivity index (χ0) is 18.2. The van der Waals surface area contributed by atoms with Gasteiger partial charge in [-0.2, -0.15) is 0 Å². The van der Waals surface area contributed by atoms with Gasteiger partial charge >= 0.3 is 5.97 Å². The minimum Gasteiger partial charge on any atom is -0.465 e. The summed E-state index contributed by atoms with van der Waals surface area (Å²) in [7, 11) is 1.35. The maximum atomic E-state index is 12.2. The van der Waals surface area contributed by atoms with Gasteiger partial charge in [-0.05, 0) is 29.7 Å². The van der Waals surface area contributed by atoms with Gasteiger partial charge < -0.3 is 15.4 Å². The predicted octanol–water partition coefficient (Wildman–Crippen LogP) is 4.04. The van der Waals surface area contributed by atoms with E-state index in [-0.39, 0.29) is 5.91 Å². The van der Waals surface area contributed by atoms with Gasteiger partial charge in [0.1, 0.15) is 0 Å². The second-order valence-corrected chi connectivity index (χ2v) is 6.00. The van der Waals surface area contributed by atoms with E-state index in [1.165, 1.54) is 7.11 Å². The zero-order valence-corrected chi connectivity index (χ0v) is 14.8. The molecule has 0 fully saturated rings. The second-order valence-electron chi connectivity index (χ2n) is 6.00. The first-order chi connectivity index (χ1) is 12.0. The number of anilines is 2. The molecule has 0 aromatic heterocycles. The summed E-state index contributed by atoms with van der Waals surface area (Å²) in [6.07, 6.45) is 0.294. The first-order valence-corrected chi connectivity index (χ1v) is 8.33. The minimum absolute atomic E-state index is 0.0730. The Morgan fingerprint density at radius 3 is 2.32 bits per heavy atom. The summed E-state index contributed by atoms with van der Waals surface area (Å²) in [6.45, 7) is 4.61. The van der Waals surface area contributed by atoms with E-state index < -0.39 is 5.97 Å². The summed E-state index contributed by atoms with van der Waals surface area (Å²) in [5.74, 6) is -0.142. The fourth-order valence-corrected chi connectivity index (χ4v) is 2.56. The molecule has 25 heavy (non-hydrogen) atoms. The largest absolute Gasteiger partial charge is 0.465 e. The molecule has 1 amide bonds. The van der Waals surface area contributed by atoms with Crippen LogP contribution in [0.5, 0.6) is 0 Å². The summed E-state index contributed by atoms with van der Waals surface area (Å²) in [6, 6.07) is 14.9. The highest BCUT2D eigenvalue weighted by atomic mass is 16.5. The number of rotatable bonds is 7. The first-order valence-electron chi connectivity index (χ1n) is 8.33. The standard InChI is InChI=1S/C20H24N2O3/c1-14(2)15-8-4-7-11-18(15)22-19(23)12-13-21-17-10-6-5-9-16(17)20(24)25-3/h4-11,14,21H,12-13H2,1-3H3,(H,22,23). The molecule has 2 N–H and O–H groups in total. The van der Waals surface area contributed by atoms with Crippen molar-refractivity contribution >= 4 is 23.3 Å². The van der Waals surface area contributed by atoms with Gasteiger partial charge in [0.15, 0.2) is 0 Å². The lowest BCUT2D eigenvalue weighted by molar-refractivity contribution is -0.115. The highest BCUT2D eigenvalue weighted by Crippen LogP contribution is 2.23. The molecule has 2 rings (SSSR count). The number of nitrogens with one attached hydrogen (secondary N) is 2. The lowest BCUT2D eigenvalue weighted by Gasteiger charge is -2.14. The van der Waals surface area contributed by atoms with Gasteiger partial charge in [-0.15, -0.1) is 0 Å². The molecule has 0 heterocycles. The average molecular weight is 340 g/mol. The zero-order valence-electron chi connectivity index (χ0n) is 14.8.